The first-order chi connectivity index (χ1) is 9.04. The Bertz CT molecular complexity index is 651. The second-order valence-electron chi connectivity index (χ2n) is 3.83. The van der Waals surface area contributed by atoms with Crippen LogP contribution in [0.4, 0.5) is 5.69 Å². The van der Waals surface area contributed by atoms with Crippen molar-refractivity contribution in [2.45, 2.75) is 0 Å². The molecule has 2 amide bonds. The number of nitrogens with two attached hydrogens (primary N) is 2. The summed E-state index contributed by atoms with van der Waals surface area (Å²) in [6.07, 6.45) is 0. The summed E-state index contributed by atoms with van der Waals surface area (Å²) < 4.78 is 6.07. The van der Waals surface area contributed by atoms with Gasteiger partial charge in [-0.3, -0.25) is 9.59 Å². The van der Waals surface area contributed by atoms with Crippen molar-refractivity contribution in [1.29, 1.82) is 0 Å². The van der Waals surface area contributed by atoms with Gasteiger partial charge >= 0.3 is 0 Å². The second-order valence-corrected chi connectivity index (χ2v) is 4.88. The smallest absolute Gasteiger partial charge is 0.263 e. The first kappa shape index (κ1) is 13.2. The van der Waals surface area contributed by atoms with Gasteiger partial charge < -0.3 is 21.5 Å². The Morgan fingerprint density at radius 2 is 2.16 bits per heavy atom. The lowest BCUT2D eigenvalue weighted by atomic mass is 10.2. The summed E-state index contributed by atoms with van der Waals surface area (Å²) in [5, 5.41) is 3.12. The van der Waals surface area contributed by atoms with Crippen molar-refractivity contribution < 1.29 is 14.3 Å². The van der Waals surface area contributed by atoms with E-state index in [4.69, 9.17) is 16.2 Å². The maximum Gasteiger partial charge on any atom is 0.263 e. The first-order valence-electron chi connectivity index (χ1n) is 5.46. The zero-order chi connectivity index (χ0) is 14.0. The van der Waals surface area contributed by atoms with E-state index in [1.54, 1.807) is 13.2 Å². The number of hydrogen-bond acceptors (Lipinski definition) is 5. The Balaban J connectivity index is 2.42. The lowest BCUT2D eigenvalue weighted by Gasteiger charge is -2.03. The molecule has 0 radical (unpaired) electrons. The largest absolute Gasteiger partial charge is 0.496 e. The van der Waals surface area contributed by atoms with Gasteiger partial charge in [-0.25, -0.2) is 0 Å². The molecule has 0 unspecified atom stereocenters. The minimum atomic E-state index is -0.606. The van der Waals surface area contributed by atoms with Gasteiger partial charge in [0.25, 0.3) is 5.91 Å². The molecule has 0 bridgehead atoms. The summed E-state index contributed by atoms with van der Waals surface area (Å²) in [5.41, 5.74) is 11.3. The zero-order valence-electron chi connectivity index (χ0n) is 10.2. The molecule has 0 saturated carbocycles. The zero-order valence-corrected chi connectivity index (χ0v) is 11.0. The Kier molecular flexibility index (Phi) is 3.57. The number of methoxy groups -OCH3 is 1. The van der Waals surface area contributed by atoms with Gasteiger partial charge in [0, 0.05) is 4.70 Å². The number of carbonyl (C=O) groups is 2. The fourth-order valence-corrected chi connectivity index (χ4v) is 2.78. The lowest BCUT2D eigenvalue weighted by Crippen LogP contribution is -2.33. The number of amides is 2. The molecule has 0 fully saturated rings. The molecule has 1 heterocycles. The van der Waals surface area contributed by atoms with E-state index < -0.39 is 11.8 Å². The number of fused-ring (bicyclic) bond motifs is 1. The van der Waals surface area contributed by atoms with E-state index >= 15 is 0 Å². The van der Waals surface area contributed by atoms with Gasteiger partial charge in [0.2, 0.25) is 5.91 Å². The average Bonchev–Trinajstić information content (AvgIpc) is 2.73. The van der Waals surface area contributed by atoms with Gasteiger partial charge in [0.1, 0.15) is 10.6 Å². The lowest BCUT2D eigenvalue weighted by molar-refractivity contribution is -0.117. The number of benzene rings is 1. The van der Waals surface area contributed by atoms with E-state index in [0.717, 1.165) is 4.70 Å². The van der Waals surface area contributed by atoms with Crippen LogP contribution in [0.2, 0.25) is 0 Å². The predicted molar refractivity (Wildman–Crippen MR) is 74.3 cm³/mol. The number of anilines is 1. The molecule has 2 rings (SSSR count). The summed E-state index contributed by atoms with van der Waals surface area (Å²) in [6, 6.07) is 5.45. The van der Waals surface area contributed by atoms with E-state index in [9.17, 15) is 9.59 Å². The quantitative estimate of drug-likeness (QED) is 0.765. The average molecular weight is 279 g/mol. The molecule has 0 aliphatic carbocycles. The van der Waals surface area contributed by atoms with E-state index in [-0.39, 0.29) is 6.54 Å². The molecular weight excluding hydrogens is 266 g/mol. The normalized spacial score (nSPS) is 10.4. The number of carbonyl (C=O) groups excluding carboxylic acids is 2. The number of nitrogen functional groups attached to an aromatic ring is 1. The highest BCUT2D eigenvalue weighted by molar-refractivity contribution is 7.21. The monoisotopic (exact) mass is 279 g/mol. The number of thiophene rings is 1. The summed E-state index contributed by atoms with van der Waals surface area (Å²) in [7, 11) is 1.54. The number of nitrogens with one attached hydrogen (secondary N) is 1. The highest BCUT2D eigenvalue weighted by Gasteiger charge is 2.18. The van der Waals surface area contributed by atoms with Crippen molar-refractivity contribution >= 4 is 38.9 Å². The van der Waals surface area contributed by atoms with Crippen molar-refractivity contribution in [3.63, 3.8) is 0 Å². The molecule has 1 aromatic carbocycles. The van der Waals surface area contributed by atoms with Crippen LogP contribution in [0, 0.1) is 0 Å². The first-order valence-corrected chi connectivity index (χ1v) is 6.27. The van der Waals surface area contributed by atoms with Crippen molar-refractivity contribution in [2.24, 2.45) is 5.73 Å². The molecule has 0 aliphatic heterocycles. The standard InChI is InChI=1S/C12H13N3O3S/c1-18-6-3-2-4-7-9(6)10(14)11(19-7)12(17)15-5-8(13)16/h2-4H,5,14H2,1H3,(H2,13,16)(H,15,17). The molecule has 7 heteroatoms. The third-order valence-corrected chi connectivity index (χ3v) is 3.73. The molecule has 0 saturated heterocycles. The van der Waals surface area contributed by atoms with Crippen LogP contribution < -0.4 is 21.5 Å². The Morgan fingerprint density at radius 1 is 1.42 bits per heavy atom. The minimum Gasteiger partial charge on any atom is -0.496 e. The van der Waals surface area contributed by atoms with Gasteiger partial charge in [0.15, 0.2) is 0 Å². The van der Waals surface area contributed by atoms with Crippen molar-refractivity contribution in [3.05, 3.63) is 23.1 Å². The Labute approximate surface area is 113 Å². The minimum absolute atomic E-state index is 0.219. The topological polar surface area (TPSA) is 107 Å². The maximum atomic E-state index is 11.9. The van der Waals surface area contributed by atoms with Crippen LogP contribution in [0.15, 0.2) is 18.2 Å². The molecule has 5 N–H and O–H groups in total. The molecule has 100 valence electrons. The van der Waals surface area contributed by atoms with Gasteiger partial charge in [0.05, 0.1) is 24.7 Å². The van der Waals surface area contributed by atoms with Crippen molar-refractivity contribution in [1.82, 2.24) is 5.32 Å². The summed E-state index contributed by atoms with van der Waals surface area (Å²) in [4.78, 5) is 22.9. The van der Waals surface area contributed by atoms with Gasteiger partial charge in [-0.15, -0.1) is 11.3 Å². The van der Waals surface area contributed by atoms with Crippen LogP contribution in [-0.4, -0.2) is 25.5 Å². The fraction of sp³-hybridized carbons (Fsp3) is 0.167. The molecule has 19 heavy (non-hydrogen) atoms. The van der Waals surface area contributed by atoms with Crippen LogP contribution in [0.3, 0.4) is 0 Å². The van der Waals surface area contributed by atoms with Crippen LogP contribution in [0.25, 0.3) is 10.1 Å². The highest BCUT2D eigenvalue weighted by atomic mass is 32.1. The predicted octanol–water partition coefficient (Wildman–Crippen LogP) is 0.707. The summed E-state index contributed by atoms with van der Waals surface area (Å²) in [5.74, 6) is -0.412. The van der Waals surface area contributed by atoms with E-state index in [0.29, 0.717) is 21.7 Å². The van der Waals surface area contributed by atoms with E-state index in [1.807, 2.05) is 12.1 Å². The number of primary amides is 1. The van der Waals surface area contributed by atoms with Crippen molar-refractivity contribution in [2.75, 3.05) is 19.4 Å². The van der Waals surface area contributed by atoms with E-state index in [1.165, 1.54) is 11.3 Å². The summed E-state index contributed by atoms with van der Waals surface area (Å²) >= 11 is 1.24. The highest BCUT2D eigenvalue weighted by Crippen LogP contribution is 2.39. The van der Waals surface area contributed by atoms with Gasteiger partial charge in [-0.1, -0.05) is 6.07 Å². The van der Waals surface area contributed by atoms with Gasteiger partial charge in [-0.05, 0) is 12.1 Å². The molecule has 6 nitrogen and oxygen atoms in total. The second kappa shape index (κ2) is 5.15. The maximum absolute atomic E-state index is 11.9. The fourth-order valence-electron chi connectivity index (χ4n) is 1.73. The molecule has 0 aliphatic rings. The number of rotatable bonds is 4. The molecule has 2 aromatic rings. The van der Waals surface area contributed by atoms with E-state index in [2.05, 4.69) is 5.32 Å². The molecular formula is C12H13N3O3S. The number of ether oxygens (including phenoxy) is 1. The van der Waals surface area contributed by atoms with Crippen LogP contribution in [0.1, 0.15) is 9.67 Å². The SMILES string of the molecule is COc1cccc2sc(C(=O)NCC(N)=O)c(N)c12. The number of hydrogen-bond donors (Lipinski definition) is 3. The Hall–Kier alpha value is -2.28. The molecule has 0 spiro atoms. The molecule has 0 atom stereocenters. The Morgan fingerprint density at radius 3 is 2.79 bits per heavy atom. The van der Waals surface area contributed by atoms with Gasteiger partial charge in [-0.2, -0.15) is 0 Å². The molecule has 1 aromatic heterocycles. The third kappa shape index (κ3) is 2.45. The van der Waals surface area contributed by atoms with Crippen molar-refractivity contribution in [3.8, 4) is 5.75 Å². The van der Waals surface area contributed by atoms with Crippen LogP contribution >= 0.6 is 11.3 Å². The summed E-state index contributed by atoms with van der Waals surface area (Å²) in [6.45, 7) is -0.219. The van der Waals surface area contributed by atoms with Crippen LogP contribution in [0.5, 0.6) is 5.75 Å². The van der Waals surface area contributed by atoms with Crippen LogP contribution in [-0.2, 0) is 4.79 Å². The third-order valence-electron chi connectivity index (χ3n) is 2.56.